The van der Waals surface area contributed by atoms with Gasteiger partial charge in [-0.2, -0.15) is 0 Å². The second-order valence-electron chi connectivity index (χ2n) is 2.71. The monoisotopic (exact) mass is 192 g/mol. The van der Waals surface area contributed by atoms with Gasteiger partial charge in [0.15, 0.2) is 5.78 Å². The van der Waals surface area contributed by atoms with E-state index in [9.17, 15) is 9.18 Å². The number of halogens is 1. The molecule has 1 aromatic carbocycles. The van der Waals surface area contributed by atoms with Crippen LogP contribution in [0.2, 0.25) is 0 Å². The minimum absolute atomic E-state index is 0.131. The summed E-state index contributed by atoms with van der Waals surface area (Å²) in [6, 6.07) is 3.97. The molecule has 1 aromatic rings. The Labute approximate surface area is 81.4 Å². The van der Waals surface area contributed by atoms with E-state index >= 15 is 0 Å². The summed E-state index contributed by atoms with van der Waals surface area (Å²) in [7, 11) is 0. The fraction of sp³-hybridized carbons (Fsp3) is 0.182. The van der Waals surface area contributed by atoms with Crippen molar-refractivity contribution >= 4 is 5.78 Å². The van der Waals surface area contributed by atoms with Gasteiger partial charge in [0.1, 0.15) is 12.4 Å². The molecule has 72 valence electrons. The molecule has 0 amide bonds. The summed E-state index contributed by atoms with van der Waals surface area (Å²) in [6.45, 7) is 1.07. The number of carbonyl (C=O) groups excluding carboxylic acids is 1. The van der Waals surface area contributed by atoms with Crippen LogP contribution in [0.25, 0.3) is 0 Å². The number of benzene rings is 1. The third kappa shape index (κ3) is 2.41. The highest BCUT2D eigenvalue weighted by Crippen LogP contribution is 2.09. The molecular formula is C11H9FO2. The molecule has 0 aliphatic heterocycles. The Morgan fingerprint density at radius 3 is 2.86 bits per heavy atom. The van der Waals surface area contributed by atoms with E-state index in [0.29, 0.717) is 5.56 Å². The van der Waals surface area contributed by atoms with Gasteiger partial charge in [-0.15, -0.1) is 0 Å². The van der Waals surface area contributed by atoms with Crippen LogP contribution in [0.4, 0.5) is 4.39 Å². The van der Waals surface area contributed by atoms with Crippen molar-refractivity contribution in [3.05, 3.63) is 35.1 Å². The van der Waals surface area contributed by atoms with Gasteiger partial charge >= 0.3 is 0 Å². The molecule has 0 aromatic heterocycles. The number of ketones is 1. The van der Waals surface area contributed by atoms with E-state index in [1.54, 1.807) is 0 Å². The van der Waals surface area contributed by atoms with E-state index in [1.165, 1.54) is 25.1 Å². The van der Waals surface area contributed by atoms with Crippen LogP contribution < -0.4 is 0 Å². The summed E-state index contributed by atoms with van der Waals surface area (Å²) in [5.41, 5.74) is 0.542. The molecule has 1 N–H and O–H groups in total. The molecule has 0 bridgehead atoms. The lowest BCUT2D eigenvalue weighted by Crippen LogP contribution is -1.94. The minimum Gasteiger partial charge on any atom is -0.384 e. The van der Waals surface area contributed by atoms with Crippen molar-refractivity contribution < 1.29 is 14.3 Å². The van der Waals surface area contributed by atoms with Crippen molar-refractivity contribution in [2.45, 2.75) is 6.92 Å². The van der Waals surface area contributed by atoms with E-state index in [-0.39, 0.29) is 18.0 Å². The molecule has 14 heavy (non-hydrogen) atoms. The third-order valence-electron chi connectivity index (χ3n) is 1.68. The van der Waals surface area contributed by atoms with E-state index < -0.39 is 5.82 Å². The number of Topliss-reactive ketones (excluding diaryl/α,β-unsaturated/α-hetero) is 1. The van der Waals surface area contributed by atoms with Gasteiger partial charge in [-0.1, -0.05) is 11.8 Å². The third-order valence-corrected chi connectivity index (χ3v) is 1.68. The molecule has 0 saturated heterocycles. The SMILES string of the molecule is CC(=O)c1ccc(F)c(C#CCO)c1. The van der Waals surface area contributed by atoms with E-state index in [0.717, 1.165) is 0 Å². The summed E-state index contributed by atoms with van der Waals surface area (Å²) in [6.07, 6.45) is 0. The lowest BCUT2D eigenvalue weighted by molar-refractivity contribution is 0.101. The fourth-order valence-corrected chi connectivity index (χ4v) is 0.975. The van der Waals surface area contributed by atoms with Crippen LogP contribution in [0.5, 0.6) is 0 Å². The molecule has 0 atom stereocenters. The lowest BCUT2D eigenvalue weighted by Gasteiger charge is -1.97. The maximum atomic E-state index is 13.1. The van der Waals surface area contributed by atoms with Gasteiger partial charge < -0.3 is 5.11 Å². The van der Waals surface area contributed by atoms with Crippen LogP contribution in [0.1, 0.15) is 22.8 Å². The molecule has 2 nitrogen and oxygen atoms in total. The van der Waals surface area contributed by atoms with Gasteiger partial charge in [0, 0.05) is 5.56 Å². The van der Waals surface area contributed by atoms with Crippen molar-refractivity contribution in [2.75, 3.05) is 6.61 Å². The first-order chi connectivity index (χ1) is 6.65. The molecular weight excluding hydrogens is 183 g/mol. The van der Waals surface area contributed by atoms with Gasteiger partial charge in [-0.25, -0.2) is 4.39 Å². The van der Waals surface area contributed by atoms with Crippen molar-refractivity contribution in [3.8, 4) is 11.8 Å². The van der Waals surface area contributed by atoms with Gasteiger partial charge in [0.05, 0.1) is 5.56 Å². The highest BCUT2D eigenvalue weighted by atomic mass is 19.1. The zero-order valence-electron chi connectivity index (χ0n) is 7.67. The van der Waals surface area contributed by atoms with Gasteiger partial charge in [-0.05, 0) is 25.1 Å². The van der Waals surface area contributed by atoms with Crippen LogP contribution >= 0.6 is 0 Å². The first-order valence-corrected chi connectivity index (χ1v) is 4.05. The second kappa shape index (κ2) is 4.54. The Morgan fingerprint density at radius 2 is 2.29 bits per heavy atom. The predicted molar refractivity (Wildman–Crippen MR) is 50.4 cm³/mol. The van der Waals surface area contributed by atoms with Crippen molar-refractivity contribution in [1.82, 2.24) is 0 Å². The number of hydrogen-bond acceptors (Lipinski definition) is 2. The summed E-state index contributed by atoms with van der Waals surface area (Å²) in [5.74, 6) is 4.12. The Kier molecular flexibility index (Phi) is 3.38. The quantitative estimate of drug-likeness (QED) is 0.539. The molecule has 0 spiro atoms. The first kappa shape index (κ1) is 10.4. The Bertz CT molecular complexity index is 413. The Balaban J connectivity index is 3.14. The number of rotatable bonds is 1. The highest BCUT2D eigenvalue weighted by molar-refractivity contribution is 5.94. The van der Waals surface area contributed by atoms with Gasteiger partial charge in [0.2, 0.25) is 0 Å². The Morgan fingerprint density at radius 1 is 1.57 bits per heavy atom. The fourth-order valence-electron chi connectivity index (χ4n) is 0.975. The molecule has 3 heteroatoms. The molecule has 0 aliphatic rings. The summed E-state index contributed by atoms with van der Waals surface area (Å²) in [4.78, 5) is 11.0. The first-order valence-electron chi connectivity index (χ1n) is 4.05. The van der Waals surface area contributed by atoms with Crippen molar-refractivity contribution in [3.63, 3.8) is 0 Å². The van der Waals surface area contributed by atoms with Crippen LogP contribution in [0, 0.1) is 17.7 Å². The molecule has 1 rings (SSSR count). The molecule has 0 unspecified atom stereocenters. The predicted octanol–water partition coefficient (Wildman–Crippen LogP) is 1.37. The molecule has 0 saturated carbocycles. The smallest absolute Gasteiger partial charge is 0.159 e. The molecule has 0 aliphatic carbocycles. The highest BCUT2D eigenvalue weighted by Gasteiger charge is 2.03. The normalized spacial score (nSPS) is 9.07. The van der Waals surface area contributed by atoms with Crippen LogP contribution in [-0.4, -0.2) is 17.5 Å². The van der Waals surface area contributed by atoms with E-state index in [1.807, 2.05) is 0 Å². The van der Waals surface area contributed by atoms with Crippen LogP contribution in [0.15, 0.2) is 18.2 Å². The van der Waals surface area contributed by atoms with Gasteiger partial charge in [0.25, 0.3) is 0 Å². The number of carbonyl (C=O) groups is 1. The summed E-state index contributed by atoms with van der Waals surface area (Å²) >= 11 is 0. The van der Waals surface area contributed by atoms with E-state index in [2.05, 4.69) is 11.8 Å². The molecule has 0 heterocycles. The Hall–Kier alpha value is -1.66. The van der Waals surface area contributed by atoms with E-state index in [4.69, 9.17) is 5.11 Å². The zero-order valence-corrected chi connectivity index (χ0v) is 7.67. The number of aliphatic hydroxyl groups is 1. The molecule has 0 fully saturated rings. The number of aliphatic hydroxyl groups excluding tert-OH is 1. The van der Waals surface area contributed by atoms with Gasteiger partial charge in [-0.3, -0.25) is 4.79 Å². The van der Waals surface area contributed by atoms with Crippen LogP contribution in [0.3, 0.4) is 0 Å². The largest absolute Gasteiger partial charge is 0.384 e. The molecule has 0 radical (unpaired) electrons. The number of hydrogen-bond donors (Lipinski definition) is 1. The average Bonchev–Trinajstić information content (AvgIpc) is 2.16. The standard InChI is InChI=1S/C11H9FO2/c1-8(14)9-4-5-11(12)10(7-9)3-2-6-13/h4-5,7,13H,6H2,1H3. The average molecular weight is 192 g/mol. The maximum absolute atomic E-state index is 13.1. The van der Waals surface area contributed by atoms with Crippen molar-refractivity contribution in [2.24, 2.45) is 0 Å². The summed E-state index contributed by atoms with van der Waals surface area (Å²) < 4.78 is 13.1. The minimum atomic E-state index is -0.490. The zero-order chi connectivity index (χ0) is 10.6. The lowest BCUT2D eigenvalue weighted by atomic mass is 10.1. The maximum Gasteiger partial charge on any atom is 0.159 e. The second-order valence-corrected chi connectivity index (χ2v) is 2.71. The van der Waals surface area contributed by atoms with Crippen molar-refractivity contribution in [1.29, 1.82) is 0 Å². The topological polar surface area (TPSA) is 37.3 Å². The summed E-state index contributed by atoms with van der Waals surface area (Å²) in [5, 5.41) is 8.43. The van der Waals surface area contributed by atoms with Crippen LogP contribution in [-0.2, 0) is 0 Å².